The highest BCUT2D eigenvalue weighted by molar-refractivity contribution is 5.80. The molecule has 0 aliphatic rings. The third-order valence-electron chi connectivity index (χ3n) is 10.5. The molecule has 0 bridgehead atoms. The number of ether oxygens (including phenoxy) is 2. The van der Waals surface area contributed by atoms with E-state index in [-0.39, 0.29) is 0 Å². The summed E-state index contributed by atoms with van der Waals surface area (Å²) in [5.41, 5.74) is 11.7. The lowest BCUT2D eigenvalue weighted by atomic mass is 10.0. The molecule has 0 aliphatic carbocycles. The number of aryl methyl sites for hydroxylation is 2. The molecule has 2 nitrogen and oxygen atoms in total. The second-order valence-corrected chi connectivity index (χ2v) is 15.6. The molecule has 0 N–H and O–H groups in total. The highest BCUT2D eigenvalue weighted by Gasteiger charge is 2.11. The molecule has 0 saturated carbocycles. The van der Waals surface area contributed by atoms with Crippen molar-refractivity contribution in [1.82, 2.24) is 0 Å². The highest BCUT2D eigenvalue weighted by atomic mass is 16.5. The van der Waals surface area contributed by atoms with Gasteiger partial charge in [0.05, 0.1) is 13.2 Å². The zero-order chi connectivity index (χ0) is 40.6. The van der Waals surface area contributed by atoms with Crippen LogP contribution in [0.15, 0.2) is 109 Å². The topological polar surface area (TPSA) is 18.5 Å². The summed E-state index contributed by atoms with van der Waals surface area (Å²) in [6.45, 7) is 10.2. The van der Waals surface area contributed by atoms with Crippen LogP contribution in [0, 0.1) is 13.8 Å². The van der Waals surface area contributed by atoms with E-state index in [2.05, 4.69) is 185 Å². The second kappa shape index (κ2) is 25.1. The molecule has 0 radical (unpaired) electrons. The molecule has 0 unspecified atom stereocenters. The van der Waals surface area contributed by atoms with Gasteiger partial charge in [0.15, 0.2) is 0 Å². The smallest absolute Gasteiger partial charge is 0.127 e. The maximum absolute atomic E-state index is 6.59. The lowest BCUT2D eigenvalue weighted by Gasteiger charge is -2.15. The molecule has 0 saturated heterocycles. The average molecular weight is 771 g/mol. The third-order valence-corrected chi connectivity index (χ3v) is 10.5. The van der Waals surface area contributed by atoms with Crippen molar-refractivity contribution in [2.45, 2.75) is 105 Å². The molecule has 302 valence electrons. The molecule has 0 aromatic heterocycles. The van der Waals surface area contributed by atoms with Crippen molar-refractivity contribution in [3.05, 3.63) is 165 Å². The lowest BCUT2D eigenvalue weighted by molar-refractivity contribution is 0.295. The fraction of sp³-hybridized carbons (Fsp3) is 0.321. The van der Waals surface area contributed by atoms with E-state index in [4.69, 9.17) is 9.47 Å². The summed E-state index contributed by atoms with van der Waals surface area (Å²) in [7, 11) is 0. The summed E-state index contributed by atoms with van der Waals surface area (Å²) in [5.74, 6) is 1.79. The Labute approximate surface area is 351 Å². The summed E-state index contributed by atoms with van der Waals surface area (Å²) in [4.78, 5) is 0. The molecular formula is C56H66O2. The fourth-order valence-electron chi connectivity index (χ4n) is 6.78. The van der Waals surface area contributed by atoms with E-state index < -0.39 is 0 Å². The molecule has 5 rings (SSSR count). The van der Waals surface area contributed by atoms with Crippen LogP contribution >= 0.6 is 0 Å². The maximum atomic E-state index is 6.59. The first-order chi connectivity index (χ1) is 28.5. The van der Waals surface area contributed by atoms with Gasteiger partial charge >= 0.3 is 0 Å². The highest BCUT2D eigenvalue weighted by Crippen LogP contribution is 2.33. The molecule has 2 heteroatoms. The first kappa shape index (κ1) is 43.8. The monoisotopic (exact) mass is 771 g/mol. The van der Waals surface area contributed by atoms with E-state index >= 15 is 0 Å². The molecule has 58 heavy (non-hydrogen) atoms. The van der Waals surface area contributed by atoms with Gasteiger partial charge in [0.25, 0.3) is 0 Å². The SMILES string of the molecule is CCCCCCCCOc1cc(/C=C/c2ccc(/C=C/c3ccc(C)cc3)cc2)c(OCCCCCCCC)cc1/C=C/c1ccc(/C=C/c2ccc(C)cc2)cc1. The van der Waals surface area contributed by atoms with E-state index in [0.717, 1.165) is 46.6 Å². The van der Waals surface area contributed by atoms with E-state index in [1.807, 2.05) is 0 Å². The van der Waals surface area contributed by atoms with Crippen molar-refractivity contribution in [3.63, 3.8) is 0 Å². The Bertz CT molecular complexity index is 1870. The van der Waals surface area contributed by atoms with Crippen molar-refractivity contribution >= 4 is 48.6 Å². The van der Waals surface area contributed by atoms with E-state index in [9.17, 15) is 0 Å². The Kier molecular flexibility index (Phi) is 19.0. The predicted octanol–water partition coefficient (Wildman–Crippen LogP) is 16.5. The van der Waals surface area contributed by atoms with Gasteiger partial charge in [0, 0.05) is 11.1 Å². The van der Waals surface area contributed by atoms with Gasteiger partial charge in [0.1, 0.15) is 11.5 Å². The van der Waals surface area contributed by atoms with Crippen LogP contribution in [0.1, 0.15) is 147 Å². The standard InChI is InChI=1S/C56H66O2/c1-5-7-9-11-13-15-41-57-55-43-54(40-38-52-35-31-50(32-36-52)28-26-48-23-19-46(4)20-24-48)56(58-42-16-14-12-10-8-6-2)44-53(55)39-37-51-33-29-49(30-34-51)27-25-47-21-17-45(3)18-22-47/h17-40,43-44H,5-16,41-42H2,1-4H3/b27-25+,28-26+,39-37+,40-38+. The summed E-state index contributed by atoms with van der Waals surface area (Å²) in [5, 5.41) is 0. The minimum atomic E-state index is 0.702. The normalized spacial score (nSPS) is 11.8. The average Bonchev–Trinajstić information content (AvgIpc) is 3.25. The molecule has 5 aromatic carbocycles. The van der Waals surface area contributed by atoms with Crippen molar-refractivity contribution < 1.29 is 9.47 Å². The molecule has 0 spiro atoms. The van der Waals surface area contributed by atoms with Crippen molar-refractivity contribution in [2.24, 2.45) is 0 Å². The molecule has 0 fully saturated rings. The molecule has 0 amide bonds. The van der Waals surface area contributed by atoms with Crippen molar-refractivity contribution in [3.8, 4) is 11.5 Å². The summed E-state index contributed by atoms with van der Waals surface area (Å²) in [6, 6.07) is 39.0. The van der Waals surface area contributed by atoms with Crippen molar-refractivity contribution in [2.75, 3.05) is 13.2 Å². The summed E-state index contributed by atoms with van der Waals surface area (Å²) < 4.78 is 13.2. The van der Waals surface area contributed by atoms with Crippen molar-refractivity contribution in [1.29, 1.82) is 0 Å². The minimum Gasteiger partial charge on any atom is -0.493 e. The Balaban J connectivity index is 1.36. The fourth-order valence-corrected chi connectivity index (χ4v) is 6.78. The number of benzene rings is 5. The van der Waals surface area contributed by atoms with Gasteiger partial charge < -0.3 is 9.47 Å². The largest absolute Gasteiger partial charge is 0.493 e. The number of rotatable bonds is 24. The zero-order valence-electron chi connectivity index (χ0n) is 35.7. The van der Waals surface area contributed by atoms with Crippen LogP contribution in [0.2, 0.25) is 0 Å². The van der Waals surface area contributed by atoms with Gasteiger partial charge in [-0.15, -0.1) is 0 Å². The number of hydrogen-bond donors (Lipinski definition) is 0. The van der Waals surface area contributed by atoms with Gasteiger partial charge in [-0.25, -0.2) is 0 Å². The maximum Gasteiger partial charge on any atom is 0.127 e. The Morgan fingerprint density at radius 3 is 0.897 bits per heavy atom. The van der Waals surface area contributed by atoms with E-state index in [1.54, 1.807) is 0 Å². The van der Waals surface area contributed by atoms with Crippen LogP contribution in [-0.4, -0.2) is 13.2 Å². The molecule has 0 atom stereocenters. The minimum absolute atomic E-state index is 0.702. The van der Waals surface area contributed by atoms with Crippen LogP contribution in [0.3, 0.4) is 0 Å². The Morgan fingerprint density at radius 1 is 0.328 bits per heavy atom. The molecular weight excluding hydrogens is 705 g/mol. The zero-order valence-corrected chi connectivity index (χ0v) is 35.7. The van der Waals surface area contributed by atoms with E-state index in [0.29, 0.717) is 13.2 Å². The molecule has 0 heterocycles. The quantitative estimate of drug-likeness (QED) is 0.0460. The molecule has 5 aromatic rings. The number of unbranched alkanes of at least 4 members (excludes halogenated alkanes) is 10. The van der Waals surface area contributed by atoms with Gasteiger partial charge in [-0.2, -0.15) is 0 Å². The Hall–Kier alpha value is -5.34. The van der Waals surface area contributed by atoms with Gasteiger partial charge in [0.2, 0.25) is 0 Å². The lowest BCUT2D eigenvalue weighted by Crippen LogP contribution is -2.03. The summed E-state index contributed by atoms with van der Waals surface area (Å²) in [6.07, 6.45) is 32.2. The second-order valence-electron chi connectivity index (χ2n) is 15.6. The van der Waals surface area contributed by atoms with Crippen LogP contribution in [0.25, 0.3) is 48.6 Å². The van der Waals surface area contributed by atoms with Gasteiger partial charge in [-0.05, 0) is 72.2 Å². The van der Waals surface area contributed by atoms with E-state index in [1.165, 1.54) is 97.6 Å². The number of hydrogen-bond acceptors (Lipinski definition) is 2. The van der Waals surface area contributed by atoms with Gasteiger partial charge in [-0.1, -0.05) is 235 Å². The first-order valence-corrected chi connectivity index (χ1v) is 22.0. The Morgan fingerprint density at radius 2 is 0.586 bits per heavy atom. The van der Waals surface area contributed by atoms with Crippen LogP contribution in [0.4, 0.5) is 0 Å². The van der Waals surface area contributed by atoms with Crippen LogP contribution in [-0.2, 0) is 0 Å². The van der Waals surface area contributed by atoms with Crippen LogP contribution in [0.5, 0.6) is 11.5 Å². The third kappa shape index (κ3) is 15.9. The summed E-state index contributed by atoms with van der Waals surface area (Å²) >= 11 is 0. The van der Waals surface area contributed by atoms with Gasteiger partial charge in [-0.3, -0.25) is 0 Å². The van der Waals surface area contributed by atoms with Crippen LogP contribution < -0.4 is 9.47 Å². The predicted molar refractivity (Wildman–Crippen MR) is 255 cm³/mol. The molecule has 0 aliphatic heterocycles. The first-order valence-electron chi connectivity index (χ1n) is 22.0.